The van der Waals surface area contributed by atoms with Crippen molar-refractivity contribution in [1.82, 2.24) is 9.62 Å². The third kappa shape index (κ3) is 4.09. The average Bonchev–Trinajstić information content (AvgIpc) is 2.40. The zero-order chi connectivity index (χ0) is 15.7. The molecule has 0 saturated carbocycles. The third-order valence-corrected chi connectivity index (χ3v) is 4.96. The molecule has 1 aliphatic heterocycles. The van der Waals surface area contributed by atoms with Crippen LogP contribution in [0.25, 0.3) is 0 Å². The number of nitrogens with zero attached hydrogens (tertiary/aromatic N) is 1. The van der Waals surface area contributed by atoms with E-state index in [0.29, 0.717) is 13.1 Å². The van der Waals surface area contributed by atoms with Gasteiger partial charge in [-0.15, -0.1) is 0 Å². The highest BCUT2D eigenvalue weighted by molar-refractivity contribution is 9.10. The lowest BCUT2D eigenvalue weighted by Crippen LogP contribution is -2.48. The molecule has 0 spiro atoms. The molecule has 1 heterocycles. The van der Waals surface area contributed by atoms with Gasteiger partial charge in [-0.1, -0.05) is 15.9 Å². The van der Waals surface area contributed by atoms with Crippen molar-refractivity contribution < 1.29 is 21.6 Å². The van der Waals surface area contributed by atoms with Crippen LogP contribution in [-0.2, 0) is 16.4 Å². The molecule has 0 unspecified atom stereocenters. The molecule has 0 radical (unpaired) electrons. The average molecular weight is 388 g/mol. The summed E-state index contributed by atoms with van der Waals surface area (Å²) in [6.07, 6.45) is -4.65. The van der Waals surface area contributed by atoms with Gasteiger partial charge in [-0.3, -0.25) is 4.72 Å². The fourth-order valence-electron chi connectivity index (χ4n) is 1.93. The summed E-state index contributed by atoms with van der Waals surface area (Å²) in [6, 6.07) is 3.28. The summed E-state index contributed by atoms with van der Waals surface area (Å²) in [4.78, 5) is 0. The predicted molar refractivity (Wildman–Crippen MR) is 76.1 cm³/mol. The normalized spacial score (nSPS) is 17.7. The van der Waals surface area contributed by atoms with Crippen molar-refractivity contribution in [2.45, 2.75) is 6.18 Å². The Balaban J connectivity index is 2.30. The maximum Gasteiger partial charge on any atom is 0.418 e. The molecule has 5 nitrogen and oxygen atoms in total. The minimum atomic E-state index is -4.65. The van der Waals surface area contributed by atoms with E-state index in [9.17, 15) is 21.6 Å². The Morgan fingerprint density at radius 1 is 1.24 bits per heavy atom. The molecule has 1 aliphatic rings. The first kappa shape index (κ1) is 16.5. The van der Waals surface area contributed by atoms with Gasteiger partial charge in [0.25, 0.3) is 0 Å². The van der Waals surface area contributed by atoms with E-state index in [1.807, 2.05) is 4.72 Å². The van der Waals surface area contributed by atoms with E-state index in [1.54, 1.807) is 0 Å². The molecule has 0 amide bonds. The van der Waals surface area contributed by atoms with Crippen LogP contribution in [-0.4, -0.2) is 38.9 Å². The molecule has 1 aromatic rings. The lowest BCUT2D eigenvalue weighted by molar-refractivity contribution is -0.136. The number of rotatable bonds is 3. The Morgan fingerprint density at radius 3 is 2.43 bits per heavy atom. The zero-order valence-electron chi connectivity index (χ0n) is 10.7. The highest BCUT2D eigenvalue weighted by Gasteiger charge is 2.35. The second-order valence-corrected chi connectivity index (χ2v) is 7.03. The van der Waals surface area contributed by atoms with E-state index in [4.69, 9.17) is 0 Å². The summed E-state index contributed by atoms with van der Waals surface area (Å²) in [6.45, 7) is 1.36. The topological polar surface area (TPSA) is 61.4 Å². The zero-order valence-corrected chi connectivity index (χ0v) is 13.1. The number of halogens is 4. The largest absolute Gasteiger partial charge is 0.418 e. The Hall–Kier alpha value is -0.840. The van der Waals surface area contributed by atoms with Gasteiger partial charge < -0.3 is 5.32 Å². The van der Waals surface area contributed by atoms with Crippen molar-refractivity contribution in [3.05, 3.63) is 28.2 Å². The second kappa shape index (κ2) is 6.11. The lowest BCUT2D eigenvalue weighted by Gasteiger charge is -2.27. The Labute approximate surface area is 128 Å². The Morgan fingerprint density at radius 2 is 1.86 bits per heavy atom. The number of nitrogens with one attached hydrogen (secondary N) is 2. The number of hydrogen-bond acceptors (Lipinski definition) is 3. The van der Waals surface area contributed by atoms with Crippen molar-refractivity contribution in [2.75, 3.05) is 30.9 Å². The van der Waals surface area contributed by atoms with E-state index < -0.39 is 27.6 Å². The third-order valence-electron chi connectivity index (χ3n) is 2.94. The smallest absolute Gasteiger partial charge is 0.314 e. The molecule has 1 fully saturated rings. The molecule has 1 aromatic carbocycles. The van der Waals surface area contributed by atoms with Crippen molar-refractivity contribution in [1.29, 1.82) is 0 Å². The van der Waals surface area contributed by atoms with E-state index in [-0.39, 0.29) is 17.6 Å². The van der Waals surface area contributed by atoms with E-state index in [2.05, 4.69) is 21.2 Å². The van der Waals surface area contributed by atoms with Crippen LogP contribution in [0.2, 0.25) is 0 Å². The van der Waals surface area contributed by atoms with Gasteiger partial charge in [-0.05, 0) is 18.2 Å². The summed E-state index contributed by atoms with van der Waals surface area (Å²) in [5.41, 5.74) is -1.51. The quantitative estimate of drug-likeness (QED) is 0.833. The van der Waals surface area contributed by atoms with Crippen LogP contribution >= 0.6 is 15.9 Å². The first-order valence-corrected chi connectivity index (χ1v) is 8.29. The van der Waals surface area contributed by atoms with Crippen molar-refractivity contribution in [3.63, 3.8) is 0 Å². The minimum absolute atomic E-state index is 0.215. The van der Waals surface area contributed by atoms with Gasteiger partial charge in [0.05, 0.1) is 11.3 Å². The molecular formula is C11H13BrF3N3O2S. The van der Waals surface area contributed by atoms with Crippen LogP contribution in [0.3, 0.4) is 0 Å². The number of alkyl halides is 3. The maximum atomic E-state index is 13.0. The molecule has 118 valence electrons. The predicted octanol–water partition coefficient (Wildman–Crippen LogP) is 2.03. The lowest BCUT2D eigenvalue weighted by atomic mass is 10.2. The van der Waals surface area contributed by atoms with Crippen molar-refractivity contribution >= 4 is 31.8 Å². The van der Waals surface area contributed by atoms with Crippen LogP contribution in [0.1, 0.15) is 5.56 Å². The number of piperazine rings is 1. The molecule has 0 aromatic heterocycles. The van der Waals surface area contributed by atoms with Crippen LogP contribution in [0, 0.1) is 0 Å². The Kier molecular flexibility index (Phi) is 4.81. The Bertz CT molecular complexity index is 616. The fraction of sp³-hybridized carbons (Fsp3) is 0.455. The van der Waals surface area contributed by atoms with E-state index in [0.717, 1.165) is 16.4 Å². The van der Waals surface area contributed by atoms with Crippen LogP contribution in [0.15, 0.2) is 22.7 Å². The molecule has 21 heavy (non-hydrogen) atoms. The summed E-state index contributed by atoms with van der Waals surface area (Å²) in [5.74, 6) is 0. The second-order valence-electron chi connectivity index (χ2n) is 4.44. The monoisotopic (exact) mass is 387 g/mol. The highest BCUT2D eigenvalue weighted by atomic mass is 79.9. The van der Waals surface area contributed by atoms with E-state index in [1.165, 1.54) is 6.07 Å². The molecule has 2 N–H and O–H groups in total. The van der Waals surface area contributed by atoms with Crippen LogP contribution in [0.5, 0.6) is 0 Å². The molecule has 0 bridgehead atoms. The highest BCUT2D eigenvalue weighted by Crippen LogP contribution is 2.37. The van der Waals surface area contributed by atoms with E-state index >= 15 is 0 Å². The van der Waals surface area contributed by atoms with Gasteiger partial charge in [0.2, 0.25) is 0 Å². The van der Waals surface area contributed by atoms with Crippen LogP contribution < -0.4 is 10.0 Å². The van der Waals surface area contributed by atoms with Gasteiger partial charge in [0.15, 0.2) is 0 Å². The van der Waals surface area contributed by atoms with Crippen LogP contribution in [0.4, 0.5) is 18.9 Å². The SMILES string of the molecule is O=S(=O)(Nc1ccc(Br)cc1C(F)(F)F)N1CCNCC1. The van der Waals surface area contributed by atoms with Gasteiger partial charge in [-0.2, -0.15) is 25.9 Å². The van der Waals surface area contributed by atoms with Gasteiger partial charge in [0, 0.05) is 30.7 Å². The molecule has 1 saturated heterocycles. The summed E-state index contributed by atoms with van der Waals surface area (Å²) in [5, 5.41) is 2.97. The maximum absolute atomic E-state index is 13.0. The summed E-state index contributed by atoms with van der Waals surface area (Å²) >= 11 is 2.95. The molecular weight excluding hydrogens is 375 g/mol. The van der Waals surface area contributed by atoms with Crippen molar-refractivity contribution in [2.24, 2.45) is 0 Å². The number of benzene rings is 1. The standard InChI is InChI=1S/C11H13BrF3N3O2S/c12-8-1-2-10(9(7-8)11(13,14)15)17-21(19,20)18-5-3-16-4-6-18/h1-2,7,16-17H,3-6H2. The molecule has 10 heteroatoms. The number of hydrogen-bond donors (Lipinski definition) is 2. The molecule has 2 rings (SSSR count). The summed E-state index contributed by atoms with van der Waals surface area (Å²) < 4.78 is 66.5. The molecule has 0 atom stereocenters. The first-order chi connectivity index (χ1) is 9.70. The van der Waals surface area contributed by atoms with Gasteiger partial charge >= 0.3 is 16.4 Å². The number of anilines is 1. The summed E-state index contributed by atoms with van der Waals surface area (Å²) in [7, 11) is -4.00. The fourth-order valence-corrected chi connectivity index (χ4v) is 3.54. The van der Waals surface area contributed by atoms with Gasteiger partial charge in [0.1, 0.15) is 0 Å². The van der Waals surface area contributed by atoms with Crippen molar-refractivity contribution in [3.8, 4) is 0 Å². The first-order valence-electron chi connectivity index (χ1n) is 6.05. The molecule has 0 aliphatic carbocycles. The minimum Gasteiger partial charge on any atom is -0.314 e. The van der Waals surface area contributed by atoms with Gasteiger partial charge in [-0.25, -0.2) is 0 Å².